The zero-order valence-electron chi connectivity index (χ0n) is 8.78. The molecule has 0 aromatic carbocycles. The average Bonchev–Trinajstić information content (AvgIpc) is 2.16. The Bertz CT molecular complexity index is 303. The molecule has 0 aliphatic heterocycles. The number of ether oxygens (including phenoxy) is 2. The van der Waals surface area contributed by atoms with E-state index >= 15 is 0 Å². The maximum Gasteiger partial charge on any atom is 0.348 e. The van der Waals surface area contributed by atoms with Crippen LogP contribution in [0.3, 0.4) is 0 Å². The molecule has 0 aliphatic rings. The van der Waals surface area contributed by atoms with Crippen molar-refractivity contribution in [1.82, 2.24) is 0 Å². The van der Waals surface area contributed by atoms with Gasteiger partial charge in [0.2, 0.25) is 0 Å². The molecule has 15 heavy (non-hydrogen) atoms. The van der Waals surface area contributed by atoms with Crippen LogP contribution in [0.15, 0.2) is 12.2 Å². The zero-order valence-corrected chi connectivity index (χ0v) is 8.78. The minimum atomic E-state index is -0.811. The Kier molecular flexibility index (Phi) is 5.79. The molecule has 0 saturated heterocycles. The van der Waals surface area contributed by atoms with E-state index in [0.29, 0.717) is 0 Å². The van der Waals surface area contributed by atoms with E-state index < -0.39 is 18.0 Å². The van der Waals surface area contributed by atoms with Crippen molar-refractivity contribution in [2.75, 3.05) is 6.61 Å². The van der Waals surface area contributed by atoms with Gasteiger partial charge in [-0.3, -0.25) is 4.79 Å². The van der Waals surface area contributed by atoms with E-state index in [1.807, 2.05) is 0 Å². The van der Waals surface area contributed by atoms with E-state index in [2.05, 4.69) is 11.3 Å². The standard InChI is InChI=1S/C10H13NO4/c1-4-14-9(12)5-8(3)15-10(13)7(2)6-11/h8H,2,4-5H2,1,3H3. The van der Waals surface area contributed by atoms with Crippen molar-refractivity contribution in [3.05, 3.63) is 12.2 Å². The van der Waals surface area contributed by atoms with E-state index in [4.69, 9.17) is 10.00 Å². The predicted octanol–water partition coefficient (Wildman–Crippen LogP) is 0.951. The summed E-state index contributed by atoms with van der Waals surface area (Å²) in [5.41, 5.74) is -0.286. The highest BCUT2D eigenvalue weighted by Crippen LogP contribution is 2.03. The molecule has 0 aromatic heterocycles. The van der Waals surface area contributed by atoms with Gasteiger partial charge in [-0.05, 0) is 13.8 Å². The van der Waals surface area contributed by atoms with Crippen LogP contribution in [-0.2, 0) is 19.1 Å². The van der Waals surface area contributed by atoms with Crippen molar-refractivity contribution < 1.29 is 19.1 Å². The van der Waals surface area contributed by atoms with Crippen LogP contribution < -0.4 is 0 Å². The van der Waals surface area contributed by atoms with E-state index in [0.717, 1.165) is 0 Å². The van der Waals surface area contributed by atoms with Gasteiger partial charge in [0.15, 0.2) is 0 Å². The maximum absolute atomic E-state index is 11.0. The summed E-state index contributed by atoms with van der Waals surface area (Å²) >= 11 is 0. The van der Waals surface area contributed by atoms with Crippen LogP contribution in [0.1, 0.15) is 20.3 Å². The fraction of sp³-hybridized carbons (Fsp3) is 0.500. The summed E-state index contributed by atoms with van der Waals surface area (Å²) in [6.45, 7) is 6.70. The van der Waals surface area contributed by atoms with Crippen LogP contribution in [0.4, 0.5) is 0 Å². The number of carbonyl (C=O) groups excluding carboxylic acids is 2. The Morgan fingerprint density at radius 1 is 1.53 bits per heavy atom. The van der Waals surface area contributed by atoms with Gasteiger partial charge in [0.25, 0.3) is 0 Å². The number of nitriles is 1. The van der Waals surface area contributed by atoms with E-state index in [1.165, 1.54) is 0 Å². The Labute approximate surface area is 88.3 Å². The number of nitrogens with zero attached hydrogens (tertiary/aromatic N) is 1. The van der Waals surface area contributed by atoms with Gasteiger partial charge in [0, 0.05) is 0 Å². The summed E-state index contributed by atoms with van der Waals surface area (Å²) in [6, 6.07) is 1.56. The molecule has 82 valence electrons. The first-order valence-corrected chi connectivity index (χ1v) is 4.46. The second-order valence-electron chi connectivity index (χ2n) is 2.82. The molecule has 0 saturated carbocycles. The fourth-order valence-electron chi connectivity index (χ4n) is 0.796. The summed E-state index contributed by atoms with van der Waals surface area (Å²) in [4.78, 5) is 22.0. The topological polar surface area (TPSA) is 76.4 Å². The highest BCUT2D eigenvalue weighted by Gasteiger charge is 2.16. The van der Waals surface area contributed by atoms with Crippen LogP contribution in [0.5, 0.6) is 0 Å². The number of esters is 2. The highest BCUT2D eigenvalue weighted by atomic mass is 16.6. The van der Waals surface area contributed by atoms with Crippen LogP contribution in [0.2, 0.25) is 0 Å². The Hall–Kier alpha value is -1.83. The molecule has 0 aliphatic carbocycles. The van der Waals surface area contributed by atoms with Gasteiger partial charge in [0.05, 0.1) is 13.0 Å². The lowest BCUT2D eigenvalue weighted by Crippen LogP contribution is -2.20. The molecule has 0 rings (SSSR count). The third kappa shape index (κ3) is 5.47. The quantitative estimate of drug-likeness (QED) is 0.384. The summed E-state index contributed by atoms with van der Waals surface area (Å²) in [7, 11) is 0. The van der Waals surface area contributed by atoms with Gasteiger partial charge >= 0.3 is 11.9 Å². The van der Waals surface area contributed by atoms with Crippen molar-refractivity contribution in [2.24, 2.45) is 0 Å². The van der Waals surface area contributed by atoms with Crippen molar-refractivity contribution in [1.29, 1.82) is 5.26 Å². The molecule has 5 nitrogen and oxygen atoms in total. The third-order valence-electron chi connectivity index (χ3n) is 1.45. The van der Waals surface area contributed by atoms with Gasteiger partial charge < -0.3 is 9.47 Å². The zero-order chi connectivity index (χ0) is 11.8. The van der Waals surface area contributed by atoms with Gasteiger partial charge in [-0.15, -0.1) is 0 Å². The molecule has 0 N–H and O–H groups in total. The molecule has 1 atom stereocenters. The maximum atomic E-state index is 11.0. The van der Waals surface area contributed by atoms with Crippen molar-refractivity contribution in [3.8, 4) is 6.07 Å². The molecule has 0 spiro atoms. The predicted molar refractivity (Wildman–Crippen MR) is 51.6 cm³/mol. The molecule has 0 aromatic rings. The molecule has 0 bridgehead atoms. The first kappa shape index (κ1) is 13.2. The summed E-state index contributed by atoms with van der Waals surface area (Å²) in [5, 5.41) is 8.34. The first-order valence-electron chi connectivity index (χ1n) is 4.46. The molecular weight excluding hydrogens is 198 g/mol. The number of hydrogen-bond acceptors (Lipinski definition) is 5. The van der Waals surface area contributed by atoms with Gasteiger partial charge in [-0.1, -0.05) is 6.58 Å². The Morgan fingerprint density at radius 2 is 2.13 bits per heavy atom. The highest BCUT2D eigenvalue weighted by molar-refractivity contribution is 5.92. The lowest BCUT2D eigenvalue weighted by atomic mass is 10.3. The Morgan fingerprint density at radius 3 is 2.60 bits per heavy atom. The minimum Gasteiger partial charge on any atom is -0.466 e. The molecule has 0 fully saturated rings. The first-order chi connectivity index (χ1) is 7.01. The third-order valence-corrected chi connectivity index (χ3v) is 1.45. The van der Waals surface area contributed by atoms with E-state index in [-0.39, 0.29) is 18.6 Å². The fourth-order valence-corrected chi connectivity index (χ4v) is 0.796. The lowest BCUT2D eigenvalue weighted by molar-refractivity contribution is -0.151. The Balaban J connectivity index is 3.99. The average molecular weight is 211 g/mol. The van der Waals surface area contributed by atoms with Crippen molar-refractivity contribution >= 4 is 11.9 Å². The molecule has 0 heterocycles. The molecular formula is C10H13NO4. The SMILES string of the molecule is C=C(C#N)C(=O)OC(C)CC(=O)OCC. The second-order valence-corrected chi connectivity index (χ2v) is 2.82. The second kappa shape index (κ2) is 6.60. The lowest BCUT2D eigenvalue weighted by Gasteiger charge is -2.11. The molecule has 1 unspecified atom stereocenters. The van der Waals surface area contributed by atoms with E-state index in [1.54, 1.807) is 19.9 Å². The van der Waals surface area contributed by atoms with Crippen LogP contribution in [-0.4, -0.2) is 24.6 Å². The van der Waals surface area contributed by atoms with Crippen LogP contribution >= 0.6 is 0 Å². The molecule has 0 amide bonds. The minimum absolute atomic E-state index is 0.0295. The van der Waals surface area contributed by atoms with Gasteiger partial charge in [-0.2, -0.15) is 5.26 Å². The molecule has 5 heteroatoms. The molecule has 0 radical (unpaired) electrons. The van der Waals surface area contributed by atoms with Gasteiger partial charge in [0.1, 0.15) is 17.7 Å². The number of hydrogen-bond donors (Lipinski definition) is 0. The van der Waals surface area contributed by atoms with E-state index in [9.17, 15) is 9.59 Å². The largest absolute Gasteiger partial charge is 0.466 e. The number of rotatable bonds is 5. The smallest absolute Gasteiger partial charge is 0.348 e. The van der Waals surface area contributed by atoms with Gasteiger partial charge in [-0.25, -0.2) is 4.79 Å². The summed E-state index contributed by atoms with van der Waals surface area (Å²) < 4.78 is 9.42. The summed E-state index contributed by atoms with van der Waals surface area (Å²) in [5.74, 6) is -1.25. The number of carbonyl (C=O) groups is 2. The monoisotopic (exact) mass is 211 g/mol. The normalized spacial score (nSPS) is 11.0. The van der Waals surface area contributed by atoms with Crippen LogP contribution in [0.25, 0.3) is 0 Å². The summed E-state index contributed by atoms with van der Waals surface area (Å²) in [6.07, 6.45) is -0.653. The van der Waals surface area contributed by atoms with Crippen molar-refractivity contribution in [2.45, 2.75) is 26.4 Å². The van der Waals surface area contributed by atoms with Crippen LogP contribution in [0, 0.1) is 11.3 Å². The van der Waals surface area contributed by atoms with Crippen molar-refractivity contribution in [3.63, 3.8) is 0 Å².